The number of benzene rings is 1. The Morgan fingerprint density at radius 2 is 1.94 bits per heavy atom. The summed E-state index contributed by atoms with van der Waals surface area (Å²) in [5, 5.41) is 19.7. The van der Waals surface area contributed by atoms with Crippen molar-refractivity contribution in [2.45, 2.75) is 24.5 Å². The topological polar surface area (TPSA) is 57.5 Å². The Bertz CT molecular complexity index is 557. The second kappa shape index (κ2) is 4.19. The molecule has 3 heteroatoms. The van der Waals surface area contributed by atoms with Gasteiger partial charge in [-0.3, -0.25) is 4.79 Å². The Morgan fingerprint density at radius 1 is 1.17 bits per heavy atom. The number of carbonyl (C=O) groups excluding carboxylic acids is 1. The molecule has 2 aliphatic rings. The van der Waals surface area contributed by atoms with Crippen molar-refractivity contribution in [2.75, 3.05) is 0 Å². The molecule has 0 radical (unpaired) electrons. The first-order valence-corrected chi connectivity index (χ1v) is 6.05. The maximum absolute atomic E-state index is 11.9. The first-order chi connectivity index (χ1) is 8.68. The highest BCUT2D eigenvalue weighted by Gasteiger charge is 2.35. The molecule has 3 atom stereocenters. The van der Waals surface area contributed by atoms with Crippen LogP contribution in [0.25, 0.3) is 0 Å². The van der Waals surface area contributed by atoms with Crippen molar-refractivity contribution in [3.8, 4) is 0 Å². The molecule has 3 nitrogen and oxygen atoms in total. The molecular weight excluding hydrogens is 228 g/mol. The average molecular weight is 242 g/mol. The minimum atomic E-state index is -0.918. The van der Waals surface area contributed by atoms with E-state index < -0.39 is 12.2 Å². The zero-order valence-electron chi connectivity index (χ0n) is 9.78. The normalized spacial score (nSPS) is 30.2. The van der Waals surface area contributed by atoms with E-state index in [2.05, 4.69) is 0 Å². The standard InChI is InChI=1S/C15H14O3/c16-13-7-3-6-11(15(13)18)12-8-14(17)10-5-2-1-4-9(10)12/h1-7,12-13,15-16,18H,8H2. The van der Waals surface area contributed by atoms with E-state index in [9.17, 15) is 15.0 Å². The van der Waals surface area contributed by atoms with Gasteiger partial charge in [0.2, 0.25) is 0 Å². The zero-order chi connectivity index (χ0) is 12.7. The summed E-state index contributed by atoms with van der Waals surface area (Å²) in [4.78, 5) is 11.9. The van der Waals surface area contributed by atoms with Gasteiger partial charge >= 0.3 is 0 Å². The van der Waals surface area contributed by atoms with Gasteiger partial charge in [0.15, 0.2) is 5.78 Å². The van der Waals surface area contributed by atoms with E-state index in [4.69, 9.17) is 0 Å². The van der Waals surface area contributed by atoms with E-state index >= 15 is 0 Å². The van der Waals surface area contributed by atoms with Crippen LogP contribution in [0, 0.1) is 0 Å². The zero-order valence-corrected chi connectivity index (χ0v) is 9.78. The third-order valence-electron chi connectivity index (χ3n) is 3.69. The number of carbonyl (C=O) groups is 1. The van der Waals surface area contributed by atoms with Crippen molar-refractivity contribution >= 4 is 5.78 Å². The van der Waals surface area contributed by atoms with Crippen LogP contribution < -0.4 is 0 Å². The molecule has 0 saturated heterocycles. The van der Waals surface area contributed by atoms with Gasteiger partial charge in [0.1, 0.15) is 12.2 Å². The quantitative estimate of drug-likeness (QED) is 0.786. The molecule has 0 bridgehead atoms. The van der Waals surface area contributed by atoms with E-state index in [-0.39, 0.29) is 11.7 Å². The largest absolute Gasteiger partial charge is 0.386 e. The predicted molar refractivity (Wildman–Crippen MR) is 67.4 cm³/mol. The van der Waals surface area contributed by atoms with Gasteiger partial charge in [0, 0.05) is 17.9 Å². The summed E-state index contributed by atoms with van der Waals surface area (Å²) in [6, 6.07) is 7.48. The Kier molecular flexibility index (Phi) is 2.65. The third-order valence-corrected chi connectivity index (χ3v) is 3.69. The van der Waals surface area contributed by atoms with E-state index in [0.29, 0.717) is 6.42 Å². The molecule has 2 N–H and O–H groups in total. The lowest BCUT2D eigenvalue weighted by atomic mass is 9.85. The summed E-state index contributed by atoms with van der Waals surface area (Å²) >= 11 is 0. The van der Waals surface area contributed by atoms with Crippen molar-refractivity contribution in [3.63, 3.8) is 0 Å². The number of hydrogen-bond acceptors (Lipinski definition) is 3. The fraction of sp³-hybridized carbons (Fsp3) is 0.267. The number of aliphatic hydroxyl groups is 2. The summed E-state index contributed by atoms with van der Waals surface area (Å²) in [6.45, 7) is 0. The molecular formula is C15H14O3. The molecule has 18 heavy (non-hydrogen) atoms. The highest BCUT2D eigenvalue weighted by molar-refractivity contribution is 6.01. The number of fused-ring (bicyclic) bond motifs is 1. The fourth-order valence-electron chi connectivity index (χ4n) is 2.76. The third kappa shape index (κ3) is 1.64. The lowest BCUT2D eigenvalue weighted by Crippen LogP contribution is -2.30. The molecule has 92 valence electrons. The summed E-state index contributed by atoms with van der Waals surface area (Å²) in [5.41, 5.74) is 2.42. The maximum Gasteiger partial charge on any atom is 0.164 e. The number of rotatable bonds is 1. The van der Waals surface area contributed by atoms with E-state index in [1.165, 1.54) is 0 Å². The smallest absolute Gasteiger partial charge is 0.164 e. The minimum absolute atomic E-state index is 0.104. The van der Waals surface area contributed by atoms with Crippen molar-refractivity contribution in [2.24, 2.45) is 0 Å². The highest BCUT2D eigenvalue weighted by Crippen LogP contribution is 2.40. The van der Waals surface area contributed by atoms with Gasteiger partial charge in [-0.15, -0.1) is 0 Å². The Morgan fingerprint density at radius 3 is 2.78 bits per heavy atom. The Balaban J connectivity index is 2.03. The number of hydrogen-bond donors (Lipinski definition) is 2. The second-order valence-corrected chi connectivity index (χ2v) is 4.75. The molecule has 0 heterocycles. The van der Waals surface area contributed by atoms with Crippen LogP contribution in [0.1, 0.15) is 28.3 Å². The van der Waals surface area contributed by atoms with Crippen molar-refractivity contribution in [1.29, 1.82) is 0 Å². The molecule has 0 amide bonds. The van der Waals surface area contributed by atoms with Gasteiger partial charge in [0.25, 0.3) is 0 Å². The monoisotopic (exact) mass is 242 g/mol. The lowest BCUT2D eigenvalue weighted by molar-refractivity contribution is 0.0671. The van der Waals surface area contributed by atoms with Gasteiger partial charge in [-0.05, 0) is 11.1 Å². The minimum Gasteiger partial charge on any atom is -0.386 e. The van der Waals surface area contributed by atoms with Crippen LogP contribution in [0.15, 0.2) is 48.1 Å². The lowest BCUT2D eigenvalue weighted by Gasteiger charge is -2.25. The predicted octanol–water partition coefficient (Wildman–Crippen LogP) is 1.57. The molecule has 0 spiro atoms. The van der Waals surface area contributed by atoms with E-state index in [1.54, 1.807) is 18.2 Å². The second-order valence-electron chi connectivity index (χ2n) is 4.75. The first-order valence-electron chi connectivity index (χ1n) is 6.05. The maximum atomic E-state index is 11.9. The van der Waals surface area contributed by atoms with Crippen molar-refractivity contribution < 1.29 is 15.0 Å². The number of Topliss-reactive ketones (excluding diaryl/α,β-unsaturated/α-hetero) is 1. The molecule has 3 rings (SSSR count). The molecule has 3 unspecified atom stereocenters. The fourth-order valence-corrected chi connectivity index (χ4v) is 2.76. The molecule has 0 aromatic heterocycles. The number of ketones is 1. The number of aliphatic hydroxyl groups excluding tert-OH is 2. The van der Waals surface area contributed by atoms with Crippen LogP contribution >= 0.6 is 0 Å². The molecule has 0 fully saturated rings. The van der Waals surface area contributed by atoms with Gasteiger partial charge < -0.3 is 10.2 Å². The van der Waals surface area contributed by atoms with Crippen molar-refractivity contribution in [1.82, 2.24) is 0 Å². The Labute approximate surface area is 105 Å². The van der Waals surface area contributed by atoms with Crippen LogP contribution in [0.2, 0.25) is 0 Å². The van der Waals surface area contributed by atoms with Gasteiger partial charge in [0.05, 0.1) is 0 Å². The van der Waals surface area contributed by atoms with Crippen LogP contribution in [-0.2, 0) is 0 Å². The first kappa shape index (κ1) is 11.4. The summed E-state index contributed by atoms with van der Waals surface area (Å²) in [5.74, 6) is -0.00366. The summed E-state index contributed by atoms with van der Waals surface area (Å²) in [7, 11) is 0. The Hall–Kier alpha value is -1.71. The molecule has 2 aliphatic carbocycles. The molecule has 1 aromatic carbocycles. The van der Waals surface area contributed by atoms with Gasteiger partial charge in [-0.1, -0.05) is 42.5 Å². The van der Waals surface area contributed by atoms with Crippen LogP contribution in [0.5, 0.6) is 0 Å². The van der Waals surface area contributed by atoms with Crippen LogP contribution in [-0.4, -0.2) is 28.2 Å². The van der Waals surface area contributed by atoms with Crippen LogP contribution in [0.3, 0.4) is 0 Å². The summed E-state index contributed by atoms with van der Waals surface area (Å²) in [6.07, 6.45) is 3.67. The SMILES string of the molecule is O=C1CC(C2=CC=CC(O)C2O)c2ccccc21. The van der Waals surface area contributed by atoms with E-state index in [0.717, 1.165) is 16.7 Å². The average Bonchev–Trinajstić information content (AvgIpc) is 2.71. The van der Waals surface area contributed by atoms with Crippen LogP contribution in [0.4, 0.5) is 0 Å². The van der Waals surface area contributed by atoms with E-state index in [1.807, 2.05) is 24.3 Å². The molecule has 0 aliphatic heterocycles. The summed E-state index contributed by atoms with van der Waals surface area (Å²) < 4.78 is 0. The highest BCUT2D eigenvalue weighted by atomic mass is 16.3. The molecule has 1 aromatic rings. The van der Waals surface area contributed by atoms with Crippen molar-refractivity contribution in [3.05, 3.63) is 59.2 Å². The number of allylic oxidation sites excluding steroid dienone is 2. The van der Waals surface area contributed by atoms with Gasteiger partial charge in [-0.25, -0.2) is 0 Å². The molecule has 0 saturated carbocycles. The van der Waals surface area contributed by atoms with Gasteiger partial charge in [-0.2, -0.15) is 0 Å².